The molecule has 0 aliphatic heterocycles. The van der Waals surface area contributed by atoms with Crippen molar-refractivity contribution in [2.75, 3.05) is 6.61 Å². The van der Waals surface area contributed by atoms with Gasteiger partial charge in [-0.3, -0.25) is 9.59 Å². The van der Waals surface area contributed by atoms with Gasteiger partial charge in [0.05, 0.1) is 5.39 Å². The fourth-order valence-electron chi connectivity index (χ4n) is 2.69. The second-order valence-electron chi connectivity index (χ2n) is 7.07. The van der Waals surface area contributed by atoms with Crippen LogP contribution in [0.2, 0.25) is 0 Å². The van der Waals surface area contributed by atoms with Gasteiger partial charge in [0.15, 0.2) is 5.75 Å². The van der Waals surface area contributed by atoms with Crippen LogP contribution in [0.1, 0.15) is 47.5 Å². The zero-order valence-electron chi connectivity index (χ0n) is 17.9. The zero-order chi connectivity index (χ0) is 22.3. The predicted molar refractivity (Wildman–Crippen MR) is 113 cm³/mol. The summed E-state index contributed by atoms with van der Waals surface area (Å²) >= 11 is 0. The Morgan fingerprint density at radius 2 is 1.67 bits per heavy atom. The van der Waals surface area contributed by atoms with Crippen molar-refractivity contribution in [2.24, 2.45) is 0 Å². The van der Waals surface area contributed by atoms with Gasteiger partial charge in [-0.15, -0.1) is 0 Å². The lowest BCUT2D eigenvalue weighted by Crippen LogP contribution is -2.13. The normalized spacial score (nSPS) is 11.2. The van der Waals surface area contributed by atoms with Crippen LogP contribution in [-0.4, -0.2) is 18.5 Å². The van der Waals surface area contributed by atoms with Gasteiger partial charge in [0, 0.05) is 13.8 Å². The number of allylic oxidation sites excluding steroid dienone is 3. The van der Waals surface area contributed by atoms with Crippen LogP contribution in [0.15, 0.2) is 50.7 Å². The van der Waals surface area contributed by atoms with E-state index >= 15 is 0 Å². The molecule has 0 spiro atoms. The molecule has 0 amide bonds. The molecular formula is C23H26O7. The van der Waals surface area contributed by atoms with E-state index in [1.54, 1.807) is 0 Å². The van der Waals surface area contributed by atoms with Crippen molar-refractivity contribution < 1.29 is 28.2 Å². The third kappa shape index (κ3) is 6.62. The molecule has 30 heavy (non-hydrogen) atoms. The lowest BCUT2D eigenvalue weighted by Gasteiger charge is -2.12. The summed E-state index contributed by atoms with van der Waals surface area (Å²) in [5, 5.41) is 0.280. The van der Waals surface area contributed by atoms with Gasteiger partial charge in [-0.1, -0.05) is 17.2 Å². The van der Waals surface area contributed by atoms with Gasteiger partial charge in [0.1, 0.15) is 17.9 Å². The molecule has 0 unspecified atom stereocenters. The summed E-state index contributed by atoms with van der Waals surface area (Å²) in [6.07, 6.45) is 5.79. The van der Waals surface area contributed by atoms with Crippen molar-refractivity contribution in [2.45, 2.75) is 47.5 Å². The quantitative estimate of drug-likeness (QED) is 0.267. The van der Waals surface area contributed by atoms with Gasteiger partial charge < -0.3 is 18.6 Å². The third-order valence-corrected chi connectivity index (χ3v) is 4.05. The minimum Gasteiger partial charge on any atom is -0.480 e. The zero-order valence-corrected chi connectivity index (χ0v) is 17.9. The molecule has 0 aliphatic carbocycles. The number of fused-ring (bicyclic) bond motifs is 1. The number of carbonyl (C=O) groups excluding carboxylic acids is 2. The van der Waals surface area contributed by atoms with Gasteiger partial charge in [-0.25, -0.2) is 4.79 Å². The van der Waals surface area contributed by atoms with E-state index < -0.39 is 17.6 Å². The molecule has 160 valence electrons. The van der Waals surface area contributed by atoms with Gasteiger partial charge in [0.2, 0.25) is 5.75 Å². The molecule has 1 aromatic heterocycles. The van der Waals surface area contributed by atoms with E-state index in [2.05, 4.69) is 6.08 Å². The van der Waals surface area contributed by atoms with Gasteiger partial charge in [-0.05, 0) is 57.9 Å². The highest BCUT2D eigenvalue weighted by atomic mass is 16.6. The van der Waals surface area contributed by atoms with E-state index in [1.165, 1.54) is 37.6 Å². The SMILES string of the molecule is CC(=O)Oc1ccc2oc(=O)c(OCC=C(C)CCC=C(C)C)c(OC(C)=O)c2c1. The van der Waals surface area contributed by atoms with E-state index in [0.717, 1.165) is 18.4 Å². The van der Waals surface area contributed by atoms with Crippen LogP contribution in [0, 0.1) is 0 Å². The number of ether oxygens (including phenoxy) is 3. The number of esters is 2. The van der Waals surface area contributed by atoms with E-state index in [9.17, 15) is 14.4 Å². The highest BCUT2D eigenvalue weighted by molar-refractivity contribution is 5.89. The fourth-order valence-corrected chi connectivity index (χ4v) is 2.69. The number of hydrogen-bond donors (Lipinski definition) is 0. The maximum absolute atomic E-state index is 12.4. The minimum absolute atomic E-state index is 0.0710. The Labute approximate surface area is 174 Å². The molecule has 0 saturated heterocycles. The van der Waals surface area contributed by atoms with Crippen LogP contribution in [0.3, 0.4) is 0 Å². The minimum atomic E-state index is -0.769. The summed E-state index contributed by atoms with van der Waals surface area (Å²) < 4.78 is 21.2. The highest BCUT2D eigenvalue weighted by Crippen LogP contribution is 2.35. The summed E-state index contributed by atoms with van der Waals surface area (Å²) in [5.74, 6) is -1.20. The smallest absolute Gasteiger partial charge is 0.383 e. The Balaban J connectivity index is 2.36. The fraction of sp³-hybridized carbons (Fsp3) is 0.348. The molecule has 0 saturated carbocycles. The number of carbonyl (C=O) groups is 2. The Morgan fingerprint density at radius 3 is 2.30 bits per heavy atom. The Bertz CT molecular complexity index is 1050. The average Bonchev–Trinajstić information content (AvgIpc) is 2.63. The van der Waals surface area contributed by atoms with Crippen molar-refractivity contribution in [3.05, 3.63) is 51.9 Å². The van der Waals surface area contributed by atoms with Gasteiger partial charge >= 0.3 is 17.6 Å². The largest absolute Gasteiger partial charge is 0.480 e. The first kappa shape index (κ1) is 22.9. The van der Waals surface area contributed by atoms with E-state index in [1.807, 2.05) is 26.8 Å². The molecule has 0 atom stereocenters. The van der Waals surface area contributed by atoms with Crippen LogP contribution in [0.4, 0.5) is 0 Å². The summed E-state index contributed by atoms with van der Waals surface area (Å²) in [4.78, 5) is 35.3. The average molecular weight is 414 g/mol. The molecule has 0 N–H and O–H groups in total. The van der Waals surface area contributed by atoms with Crippen LogP contribution < -0.4 is 19.8 Å². The van der Waals surface area contributed by atoms with E-state index in [4.69, 9.17) is 18.6 Å². The topological polar surface area (TPSA) is 92.0 Å². The van der Waals surface area contributed by atoms with E-state index in [0.29, 0.717) is 0 Å². The van der Waals surface area contributed by atoms with Crippen LogP contribution in [0.5, 0.6) is 17.2 Å². The second-order valence-corrected chi connectivity index (χ2v) is 7.07. The second kappa shape index (κ2) is 10.4. The van der Waals surface area contributed by atoms with Gasteiger partial charge in [0.25, 0.3) is 0 Å². The van der Waals surface area contributed by atoms with Crippen molar-refractivity contribution in [3.8, 4) is 17.2 Å². The van der Waals surface area contributed by atoms with Crippen molar-refractivity contribution in [1.29, 1.82) is 0 Å². The molecular weight excluding hydrogens is 388 g/mol. The maximum Gasteiger partial charge on any atom is 0.383 e. The number of hydrogen-bond acceptors (Lipinski definition) is 7. The molecule has 0 bridgehead atoms. The molecule has 0 radical (unpaired) electrons. The molecule has 2 rings (SSSR count). The Morgan fingerprint density at radius 1 is 0.967 bits per heavy atom. The number of rotatable bonds is 8. The first-order valence-electron chi connectivity index (χ1n) is 9.57. The van der Waals surface area contributed by atoms with Crippen molar-refractivity contribution in [1.82, 2.24) is 0 Å². The van der Waals surface area contributed by atoms with Gasteiger partial charge in [-0.2, -0.15) is 0 Å². The standard InChI is InChI=1S/C23H26O7/c1-14(2)7-6-8-15(3)11-12-27-22-21(29-17(5)25)19-13-18(28-16(4)24)9-10-20(19)30-23(22)26/h7,9-11,13H,6,8,12H2,1-5H3. The molecule has 7 heteroatoms. The van der Waals surface area contributed by atoms with Crippen LogP contribution >= 0.6 is 0 Å². The van der Waals surface area contributed by atoms with Crippen molar-refractivity contribution in [3.63, 3.8) is 0 Å². The Hall–Kier alpha value is -3.35. The van der Waals surface area contributed by atoms with Crippen molar-refractivity contribution >= 4 is 22.9 Å². The molecule has 1 heterocycles. The lowest BCUT2D eigenvalue weighted by atomic mass is 10.1. The summed E-state index contributed by atoms with van der Waals surface area (Å²) in [5.41, 5.74) is 1.76. The summed E-state index contributed by atoms with van der Waals surface area (Å²) in [7, 11) is 0. The first-order chi connectivity index (χ1) is 14.2. The number of benzene rings is 1. The molecule has 0 fully saturated rings. The first-order valence-corrected chi connectivity index (χ1v) is 9.57. The highest BCUT2D eigenvalue weighted by Gasteiger charge is 2.20. The van der Waals surface area contributed by atoms with Crippen LogP contribution in [0.25, 0.3) is 11.0 Å². The maximum atomic E-state index is 12.4. The lowest BCUT2D eigenvalue weighted by molar-refractivity contribution is -0.132. The Kier molecular flexibility index (Phi) is 7.98. The summed E-state index contributed by atoms with van der Waals surface area (Å²) in [6, 6.07) is 4.38. The monoisotopic (exact) mass is 414 g/mol. The molecule has 0 aliphatic rings. The predicted octanol–water partition coefficient (Wildman–Crippen LogP) is 4.72. The summed E-state index contributed by atoms with van der Waals surface area (Å²) in [6.45, 7) is 8.66. The molecule has 1 aromatic carbocycles. The van der Waals surface area contributed by atoms with Crippen LogP contribution in [-0.2, 0) is 9.59 Å². The van der Waals surface area contributed by atoms with E-state index in [-0.39, 0.29) is 34.8 Å². The molecule has 2 aromatic rings. The molecule has 7 nitrogen and oxygen atoms in total. The third-order valence-electron chi connectivity index (χ3n) is 4.05.